The number of hydrogen-bond donors (Lipinski definition) is 1. The minimum Gasteiger partial charge on any atom is -0.497 e. The van der Waals surface area contributed by atoms with E-state index in [1.165, 1.54) is 24.8 Å². The van der Waals surface area contributed by atoms with Crippen molar-refractivity contribution in [2.45, 2.75) is 45.7 Å². The molecule has 1 aliphatic rings. The molecule has 0 spiro atoms. The average molecular weight is 247 g/mol. The van der Waals surface area contributed by atoms with Gasteiger partial charge in [0.05, 0.1) is 7.11 Å². The smallest absolute Gasteiger partial charge is 0.119 e. The zero-order valence-electron chi connectivity index (χ0n) is 11.8. The minimum atomic E-state index is 0.657. The van der Waals surface area contributed by atoms with Gasteiger partial charge in [-0.1, -0.05) is 32.4 Å². The van der Waals surface area contributed by atoms with Crippen LogP contribution in [0, 0.1) is 11.8 Å². The van der Waals surface area contributed by atoms with Crippen LogP contribution in [0.25, 0.3) is 0 Å². The first-order valence-electron chi connectivity index (χ1n) is 7.07. The average Bonchev–Trinajstić information content (AvgIpc) is 2.38. The van der Waals surface area contributed by atoms with Gasteiger partial charge in [-0.05, 0) is 42.4 Å². The van der Waals surface area contributed by atoms with Crippen molar-refractivity contribution in [2.24, 2.45) is 11.8 Å². The van der Waals surface area contributed by atoms with Crippen molar-refractivity contribution >= 4 is 0 Å². The topological polar surface area (TPSA) is 21.3 Å². The summed E-state index contributed by atoms with van der Waals surface area (Å²) in [4.78, 5) is 0. The summed E-state index contributed by atoms with van der Waals surface area (Å²) in [6.45, 7) is 5.69. The molecule has 18 heavy (non-hydrogen) atoms. The molecule has 2 heteroatoms. The van der Waals surface area contributed by atoms with Gasteiger partial charge in [0.25, 0.3) is 0 Å². The van der Waals surface area contributed by atoms with E-state index in [1.807, 2.05) is 6.07 Å². The van der Waals surface area contributed by atoms with Gasteiger partial charge in [0.1, 0.15) is 5.75 Å². The second-order valence-electron chi connectivity index (χ2n) is 5.64. The van der Waals surface area contributed by atoms with Crippen LogP contribution in [-0.2, 0) is 6.54 Å². The first kappa shape index (κ1) is 13.4. The van der Waals surface area contributed by atoms with Crippen LogP contribution in [0.4, 0.5) is 0 Å². The van der Waals surface area contributed by atoms with E-state index in [1.54, 1.807) is 7.11 Å². The van der Waals surface area contributed by atoms with Crippen LogP contribution in [0.5, 0.6) is 5.75 Å². The van der Waals surface area contributed by atoms with Crippen LogP contribution in [0.1, 0.15) is 38.7 Å². The fourth-order valence-corrected chi connectivity index (χ4v) is 3.10. The van der Waals surface area contributed by atoms with Gasteiger partial charge in [-0.15, -0.1) is 0 Å². The Balaban J connectivity index is 1.93. The maximum Gasteiger partial charge on any atom is 0.119 e. The van der Waals surface area contributed by atoms with Crippen LogP contribution in [0.2, 0.25) is 0 Å². The molecule has 2 nitrogen and oxygen atoms in total. The highest BCUT2D eigenvalue weighted by Crippen LogP contribution is 2.29. The number of methoxy groups -OCH3 is 1. The first-order chi connectivity index (χ1) is 8.70. The van der Waals surface area contributed by atoms with E-state index in [4.69, 9.17) is 4.74 Å². The molecule has 1 aliphatic carbocycles. The van der Waals surface area contributed by atoms with Crippen molar-refractivity contribution in [1.82, 2.24) is 5.32 Å². The van der Waals surface area contributed by atoms with Crippen molar-refractivity contribution < 1.29 is 4.74 Å². The summed E-state index contributed by atoms with van der Waals surface area (Å²) in [6, 6.07) is 8.99. The number of ether oxygens (including phenoxy) is 1. The Hall–Kier alpha value is -1.02. The lowest BCUT2D eigenvalue weighted by Gasteiger charge is -2.35. The molecule has 1 saturated carbocycles. The lowest BCUT2D eigenvalue weighted by Crippen LogP contribution is -2.42. The van der Waals surface area contributed by atoms with Gasteiger partial charge in [-0.3, -0.25) is 0 Å². The van der Waals surface area contributed by atoms with Gasteiger partial charge < -0.3 is 10.1 Å². The highest BCUT2D eigenvalue weighted by molar-refractivity contribution is 5.28. The standard InChI is InChI=1S/C16H25NO/c1-12-6-4-7-13(2)16(12)17-11-14-8-5-9-15(10-14)18-3/h5,8-10,12-13,16-17H,4,6-7,11H2,1-3H3. The summed E-state index contributed by atoms with van der Waals surface area (Å²) in [6.07, 6.45) is 4.11. The molecule has 0 heterocycles. The number of nitrogens with one attached hydrogen (secondary N) is 1. The molecule has 1 aromatic carbocycles. The Kier molecular flexibility index (Phi) is 4.65. The SMILES string of the molecule is COc1cccc(CNC2C(C)CCCC2C)c1. The fraction of sp³-hybridized carbons (Fsp3) is 0.625. The van der Waals surface area contributed by atoms with Crippen molar-refractivity contribution in [1.29, 1.82) is 0 Å². The molecule has 2 unspecified atom stereocenters. The van der Waals surface area contributed by atoms with Crippen LogP contribution < -0.4 is 10.1 Å². The van der Waals surface area contributed by atoms with E-state index in [-0.39, 0.29) is 0 Å². The van der Waals surface area contributed by atoms with Crippen LogP contribution in [0.3, 0.4) is 0 Å². The molecular formula is C16H25NO. The van der Waals surface area contributed by atoms with Gasteiger partial charge in [-0.2, -0.15) is 0 Å². The normalized spacial score (nSPS) is 28.1. The zero-order valence-corrected chi connectivity index (χ0v) is 11.8. The summed E-state index contributed by atoms with van der Waals surface area (Å²) in [5, 5.41) is 3.73. The second kappa shape index (κ2) is 6.24. The monoisotopic (exact) mass is 247 g/mol. The Morgan fingerprint density at radius 2 is 1.94 bits per heavy atom. The molecule has 2 rings (SSSR count). The third-order valence-electron chi connectivity index (χ3n) is 4.22. The van der Waals surface area contributed by atoms with E-state index in [0.717, 1.165) is 24.1 Å². The highest BCUT2D eigenvalue weighted by atomic mass is 16.5. The molecular weight excluding hydrogens is 222 g/mol. The third-order valence-corrected chi connectivity index (χ3v) is 4.22. The second-order valence-corrected chi connectivity index (χ2v) is 5.64. The zero-order chi connectivity index (χ0) is 13.0. The molecule has 0 saturated heterocycles. The highest BCUT2D eigenvalue weighted by Gasteiger charge is 2.26. The third kappa shape index (κ3) is 3.26. The van der Waals surface area contributed by atoms with Crippen molar-refractivity contribution in [3.8, 4) is 5.75 Å². The predicted octanol–water partition coefficient (Wildman–Crippen LogP) is 3.61. The van der Waals surface area contributed by atoms with Crippen LogP contribution >= 0.6 is 0 Å². The molecule has 0 radical (unpaired) electrons. The largest absolute Gasteiger partial charge is 0.497 e. The molecule has 0 bridgehead atoms. The Morgan fingerprint density at radius 1 is 1.22 bits per heavy atom. The first-order valence-corrected chi connectivity index (χ1v) is 7.07. The number of benzene rings is 1. The molecule has 1 fully saturated rings. The predicted molar refractivity (Wildman–Crippen MR) is 75.8 cm³/mol. The van der Waals surface area contributed by atoms with Crippen LogP contribution in [-0.4, -0.2) is 13.2 Å². The summed E-state index contributed by atoms with van der Waals surface area (Å²) in [5.74, 6) is 2.53. The van der Waals surface area contributed by atoms with Gasteiger partial charge in [0, 0.05) is 12.6 Å². The van der Waals surface area contributed by atoms with E-state index in [0.29, 0.717) is 6.04 Å². The van der Waals surface area contributed by atoms with E-state index < -0.39 is 0 Å². The molecule has 0 amide bonds. The molecule has 1 aromatic rings. The quantitative estimate of drug-likeness (QED) is 0.877. The Labute approximate surface area is 111 Å². The molecule has 100 valence electrons. The van der Waals surface area contributed by atoms with Gasteiger partial charge >= 0.3 is 0 Å². The maximum absolute atomic E-state index is 5.26. The summed E-state index contributed by atoms with van der Waals surface area (Å²) < 4.78 is 5.26. The van der Waals surface area contributed by atoms with Crippen molar-refractivity contribution in [3.63, 3.8) is 0 Å². The summed E-state index contributed by atoms with van der Waals surface area (Å²) in [5.41, 5.74) is 1.30. The summed E-state index contributed by atoms with van der Waals surface area (Å²) >= 11 is 0. The van der Waals surface area contributed by atoms with Gasteiger partial charge in [0.15, 0.2) is 0 Å². The molecule has 1 N–H and O–H groups in total. The minimum absolute atomic E-state index is 0.657. The van der Waals surface area contributed by atoms with E-state index >= 15 is 0 Å². The fourth-order valence-electron chi connectivity index (χ4n) is 3.10. The number of rotatable bonds is 4. The molecule has 2 atom stereocenters. The lowest BCUT2D eigenvalue weighted by molar-refractivity contribution is 0.207. The Morgan fingerprint density at radius 3 is 2.61 bits per heavy atom. The van der Waals surface area contributed by atoms with E-state index in [9.17, 15) is 0 Å². The molecule has 0 aromatic heterocycles. The maximum atomic E-state index is 5.26. The van der Waals surface area contributed by atoms with E-state index in [2.05, 4.69) is 37.4 Å². The van der Waals surface area contributed by atoms with Crippen LogP contribution in [0.15, 0.2) is 24.3 Å². The van der Waals surface area contributed by atoms with Gasteiger partial charge in [-0.25, -0.2) is 0 Å². The van der Waals surface area contributed by atoms with Crippen molar-refractivity contribution in [3.05, 3.63) is 29.8 Å². The Bertz CT molecular complexity index is 367. The lowest BCUT2D eigenvalue weighted by atomic mass is 9.78. The van der Waals surface area contributed by atoms with Crippen molar-refractivity contribution in [2.75, 3.05) is 7.11 Å². The molecule has 0 aliphatic heterocycles. The number of hydrogen-bond acceptors (Lipinski definition) is 2. The summed E-state index contributed by atoms with van der Waals surface area (Å²) in [7, 11) is 1.72. The van der Waals surface area contributed by atoms with Gasteiger partial charge in [0.2, 0.25) is 0 Å².